The molecule has 0 bridgehead atoms. The summed E-state index contributed by atoms with van der Waals surface area (Å²) >= 11 is 0. The molecule has 0 amide bonds. The number of hydrogen-bond donors (Lipinski definition) is 2. The molecule has 9 heteroatoms. The van der Waals surface area contributed by atoms with Crippen molar-refractivity contribution < 1.29 is 41.4 Å². The maximum Gasteiger partial charge on any atom is 0.429 e. The number of halogens is 6. The summed E-state index contributed by atoms with van der Waals surface area (Å²) in [6, 6.07) is 0. The first-order valence-electron chi connectivity index (χ1n) is 11.6. The lowest BCUT2D eigenvalue weighted by Crippen LogP contribution is -2.55. The Hall–Kier alpha value is -1.09. The van der Waals surface area contributed by atoms with Crippen LogP contribution < -0.4 is 0 Å². The predicted octanol–water partition coefficient (Wildman–Crippen LogP) is 6.52. The van der Waals surface area contributed by atoms with Crippen molar-refractivity contribution in [3.05, 3.63) is 12.2 Å². The quantitative estimate of drug-likeness (QED) is 0.303. The molecule has 2 rings (SSSR count). The highest BCUT2D eigenvalue weighted by atomic mass is 19.4. The van der Waals surface area contributed by atoms with Crippen LogP contribution >= 0.6 is 0 Å². The van der Waals surface area contributed by atoms with Gasteiger partial charge in [0.2, 0.25) is 0 Å². The van der Waals surface area contributed by atoms with Gasteiger partial charge in [-0.25, -0.2) is 0 Å². The molecule has 192 valence electrons. The summed E-state index contributed by atoms with van der Waals surface area (Å²) in [6.45, 7) is 7.15. The molecule has 33 heavy (non-hydrogen) atoms. The Morgan fingerprint density at radius 2 is 1.58 bits per heavy atom. The third-order valence-corrected chi connectivity index (χ3v) is 8.05. The van der Waals surface area contributed by atoms with E-state index < -0.39 is 29.0 Å². The Morgan fingerprint density at radius 3 is 2.09 bits per heavy atom. The van der Waals surface area contributed by atoms with Gasteiger partial charge in [0.15, 0.2) is 0 Å². The van der Waals surface area contributed by atoms with Gasteiger partial charge in [0.25, 0.3) is 5.60 Å². The summed E-state index contributed by atoms with van der Waals surface area (Å²) in [7, 11) is 0. The summed E-state index contributed by atoms with van der Waals surface area (Å²) in [4.78, 5) is 12.5. The van der Waals surface area contributed by atoms with Gasteiger partial charge in [-0.15, -0.1) is 0 Å². The van der Waals surface area contributed by atoms with Crippen LogP contribution in [-0.2, 0) is 4.79 Å². The Balaban J connectivity index is 2.36. The van der Waals surface area contributed by atoms with E-state index in [9.17, 15) is 41.4 Å². The van der Waals surface area contributed by atoms with Crippen LogP contribution in [0.15, 0.2) is 12.2 Å². The molecule has 2 fully saturated rings. The van der Waals surface area contributed by atoms with Crippen LogP contribution in [0.5, 0.6) is 0 Å². The molecular formula is C24H36F6O3. The lowest BCUT2D eigenvalue weighted by Gasteiger charge is -2.48. The maximum atomic E-state index is 13.1. The second kappa shape index (κ2) is 9.17. The van der Waals surface area contributed by atoms with Gasteiger partial charge in [0.1, 0.15) is 5.78 Å². The average molecular weight is 487 g/mol. The molecule has 0 radical (unpaired) electrons. The van der Waals surface area contributed by atoms with Crippen molar-refractivity contribution in [3.63, 3.8) is 0 Å². The molecule has 0 aromatic rings. The standard InChI is InChI=1S/C24H36F6O3/c1-19(2,32)11-6-12-20(3,13-7-15-22(33,23(25,26)27)24(28,29)30)18-10-9-16-17(31)8-5-14-21(16,18)4/h7,15-16,18,32-33H,5-6,8-14H2,1-4H3/b15-7+/t16?,18?,20-,21-/m0/s1. The lowest BCUT2D eigenvalue weighted by atomic mass is 9.56. The second-order valence-electron chi connectivity index (χ2n) is 11.2. The summed E-state index contributed by atoms with van der Waals surface area (Å²) < 4.78 is 78.6. The summed E-state index contributed by atoms with van der Waals surface area (Å²) in [5.74, 6) is -0.0316. The van der Waals surface area contributed by atoms with Gasteiger partial charge in [-0.1, -0.05) is 26.3 Å². The number of allylic oxidation sites excluding steroid dienone is 1. The molecule has 2 unspecified atom stereocenters. The molecular weight excluding hydrogens is 450 g/mol. The number of hydrogen-bond acceptors (Lipinski definition) is 3. The van der Waals surface area contributed by atoms with Crippen LogP contribution in [0.3, 0.4) is 0 Å². The van der Waals surface area contributed by atoms with Gasteiger partial charge in [-0.3, -0.25) is 4.79 Å². The van der Waals surface area contributed by atoms with E-state index in [1.165, 1.54) is 0 Å². The normalized spacial score (nSPS) is 29.4. The topological polar surface area (TPSA) is 57.5 Å². The van der Waals surface area contributed by atoms with E-state index in [4.69, 9.17) is 0 Å². The van der Waals surface area contributed by atoms with E-state index in [0.717, 1.165) is 18.9 Å². The molecule has 3 nitrogen and oxygen atoms in total. The van der Waals surface area contributed by atoms with E-state index in [1.807, 2.05) is 13.8 Å². The van der Waals surface area contributed by atoms with Gasteiger partial charge in [-0.05, 0) is 81.6 Å². The number of fused-ring (bicyclic) bond motifs is 1. The van der Waals surface area contributed by atoms with Gasteiger partial charge >= 0.3 is 12.4 Å². The Kier molecular flexibility index (Phi) is 7.82. The van der Waals surface area contributed by atoms with Gasteiger partial charge in [0.05, 0.1) is 5.60 Å². The highest BCUT2D eigenvalue weighted by Gasteiger charge is 2.69. The number of carbonyl (C=O) groups is 1. The minimum Gasteiger partial charge on any atom is -0.390 e. The molecule has 0 saturated heterocycles. The van der Waals surface area contributed by atoms with E-state index >= 15 is 0 Å². The molecule has 4 atom stereocenters. The highest BCUT2D eigenvalue weighted by molar-refractivity contribution is 5.83. The number of aliphatic hydroxyl groups is 2. The van der Waals surface area contributed by atoms with Crippen molar-refractivity contribution in [1.29, 1.82) is 0 Å². The zero-order valence-corrected chi connectivity index (χ0v) is 19.7. The predicted molar refractivity (Wildman–Crippen MR) is 112 cm³/mol. The van der Waals surface area contributed by atoms with Crippen LogP contribution in [-0.4, -0.2) is 39.6 Å². The smallest absolute Gasteiger partial charge is 0.390 e. The average Bonchev–Trinajstić information content (AvgIpc) is 2.97. The molecule has 2 aliphatic rings. The fraction of sp³-hybridized carbons (Fsp3) is 0.875. The van der Waals surface area contributed by atoms with E-state index in [-0.39, 0.29) is 35.5 Å². The molecule has 0 aliphatic heterocycles. The van der Waals surface area contributed by atoms with Crippen LogP contribution in [0.25, 0.3) is 0 Å². The molecule has 0 aromatic carbocycles. The summed E-state index contributed by atoms with van der Waals surface area (Å²) in [6.07, 6.45) is -6.52. The van der Waals surface area contributed by atoms with Crippen LogP contribution in [0, 0.1) is 22.7 Å². The number of Topliss-reactive ketones (excluding diaryl/α,β-unsaturated/α-hetero) is 1. The minimum absolute atomic E-state index is 0.0735. The van der Waals surface area contributed by atoms with Crippen LogP contribution in [0.2, 0.25) is 0 Å². The highest BCUT2D eigenvalue weighted by Crippen LogP contribution is 2.61. The number of carbonyl (C=O) groups excluding carboxylic acids is 1. The molecule has 2 saturated carbocycles. The second-order valence-corrected chi connectivity index (χ2v) is 11.2. The van der Waals surface area contributed by atoms with Crippen molar-refractivity contribution in [2.75, 3.05) is 0 Å². The van der Waals surface area contributed by atoms with Crippen molar-refractivity contribution in [1.82, 2.24) is 0 Å². The fourth-order valence-corrected chi connectivity index (χ4v) is 6.27. The van der Waals surface area contributed by atoms with Crippen molar-refractivity contribution in [2.45, 2.75) is 109 Å². The Labute approximate surface area is 191 Å². The number of rotatable bonds is 8. The first-order chi connectivity index (χ1) is 14.8. The third kappa shape index (κ3) is 5.77. The monoisotopic (exact) mass is 486 g/mol. The molecule has 2 aliphatic carbocycles. The van der Waals surface area contributed by atoms with Crippen molar-refractivity contribution >= 4 is 5.78 Å². The third-order valence-electron chi connectivity index (χ3n) is 8.05. The Bertz CT molecular complexity index is 722. The van der Waals surface area contributed by atoms with Crippen LogP contribution in [0.1, 0.15) is 85.5 Å². The SMILES string of the molecule is CC(C)(O)CCC[C@@](C)(C/C=C/C(O)(C(F)(F)F)C(F)(F)F)C1CCC2C(=O)CCC[C@@]21C. The first-order valence-corrected chi connectivity index (χ1v) is 11.6. The minimum atomic E-state index is -5.90. The molecule has 0 spiro atoms. The zero-order chi connectivity index (χ0) is 25.5. The van der Waals surface area contributed by atoms with Crippen molar-refractivity contribution in [3.8, 4) is 0 Å². The van der Waals surface area contributed by atoms with Gasteiger partial charge in [-0.2, -0.15) is 26.3 Å². The van der Waals surface area contributed by atoms with Crippen molar-refractivity contribution in [2.24, 2.45) is 22.7 Å². The lowest BCUT2D eigenvalue weighted by molar-refractivity contribution is -0.347. The molecule has 0 heterocycles. The summed E-state index contributed by atoms with van der Waals surface area (Å²) in [5, 5.41) is 19.6. The van der Waals surface area contributed by atoms with E-state index in [2.05, 4.69) is 0 Å². The molecule has 2 N–H and O–H groups in total. The summed E-state index contributed by atoms with van der Waals surface area (Å²) in [5.41, 5.74) is -6.93. The maximum absolute atomic E-state index is 13.1. The van der Waals surface area contributed by atoms with Crippen LogP contribution in [0.4, 0.5) is 26.3 Å². The molecule has 0 aromatic heterocycles. The first kappa shape index (κ1) is 28.1. The Morgan fingerprint density at radius 1 is 1.00 bits per heavy atom. The fourth-order valence-electron chi connectivity index (χ4n) is 6.27. The van der Waals surface area contributed by atoms with Gasteiger partial charge in [0, 0.05) is 12.3 Å². The van der Waals surface area contributed by atoms with E-state index in [0.29, 0.717) is 38.5 Å². The van der Waals surface area contributed by atoms with E-state index in [1.54, 1.807) is 13.8 Å². The van der Waals surface area contributed by atoms with Gasteiger partial charge < -0.3 is 10.2 Å². The number of alkyl halides is 6. The zero-order valence-electron chi connectivity index (χ0n) is 19.7. The largest absolute Gasteiger partial charge is 0.429 e. The number of ketones is 1.